The van der Waals surface area contributed by atoms with Gasteiger partial charge in [-0.3, -0.25) is 14.5 Å². The second kappa shape index (κ2) is 8.82. The predicted octanol–water partition coefficient (Wildman–Crippen LogP) is 4.26. The molecule has 0 unspecified atom stereocenters. The summed E-state index contributed by atoms with van der Waals surface area (Å²) in [6.45, 7) is 0.178. The van der Waals surface area contributed by atoms with Gasteiger partial charge in [0.25, 0.3) is 11.1 Å². The molecular weight excluding hydrogens is 500 g/mol. The molecule has 1 aliphatic heterocycles. The van der Waals surface area contributed by atoms with Gasteiger partial charge in [-0.05, 0) is 82.4 Å². The molecule has 0 radical (unpaired) electrons. The van der Waals surface area contributed by atoms with Crippen LogP contribution < -0.4 is 9.47 Å². The van der Waals surface area contributed by atoms with Gasteiger partial charge in [0.1, 0.15) is 18.2 Å². The lowest BCUT2D eigenvalue weighted by molar-refractivity contribution is -0.123. The van der Waals surface area contributed by atoms with Gasteiger partial charge >= 0.3 is 0 Å². The molecule has 0 atom stereocenters. The summed E-state index contributed by atoms with van der Waals surface area (Å²) in [4.78, 5) is 26.1. The molecule has 0 saturated carbocycles. The van der Waals surface area contributed by atoms with Crippen molar-refractivity contribution >= 4 is 51.6 Å². The Morgan fingerprint density at radius 3 is 2.64 bits per heavy atom. The molecule has 1 saturated heterocycles. The summed E-state index contributed by atoms with van der Waals surface area (Å²) in [5.41, 5.74) is 0.632. The first-order valence-electron chi connectivity index (χ1n) is 8.09. The molecule has 1 fully saturated rings. The quantitative estimate of drug-likeness (QED) is 0.458. The molecule has 2 aromatic carbocycles. The van der Waals surface area contributed by atoms with Crippen molar-refractivity contribution in [2.24, 2.45) is 0 Å². The number of thioether (sulfide) groups is 1. The Balaban J connectivity index is 1.68. The van der Waals surface area contributed by atoms with E-state index in [1.54, 1.807) is 18.2 Å². The molecule has 0 aliphatic carbocycles. The maximum Gasteiger partial charge on any atom is 0.293 e. The second-order valence-electron chi connectivity index (χ2n) is 5.69. The Morgan fingerprint density at radius 1 is 1.25 bits per heavy atom. The van der Waals surface area contributed by atoms with E-state index in [1.165, 1.54) is 31.4 Å². The number of ether oxygens (including phenoxy) is 2. The van der Waals surface area contributed by atoms with Crippen LogP contribution in [-0.4, -0.2) is 41.4 Å². The molecule has 2 aromatic rings. The van der Waals surface area contributed by atoms with Crippen molar-refractivity contribution < 1.29 is 28.6 Å². The second-order valence-corrected chi connectivity index (χ2v) is 7.84. The lowest BCUT2D eigenvalue weighted by atomic mass is 10.2. The van der Waals surface area contributed by atoms with Crippen LogP contribution >= 0.6 is 34.4 Å². The Labute approximate surface area is 178 Å². The zero-order valence-electron chi connectivity index (χ0n) is 14.6. The van der Waals surface area contributed by atoms with E-state index in [0.717, 1.165) is 16.7 Å². The van der Waals surface area contributed by atoms with Crippen LogP contribution in [-0.2, 0) is 4.79 Å². The number of nitrogens with zero attached hydrogens (tertiary/aromatic N) is 1. The molecule has 2 amide bonds. The Kier molecular flexibility index (Phi) is 6.45. The molecule has 9 heteroatoms. The van der Waals surface area contributed by atoms with Crippen molar-refractivity contribution in [2.45, 2.75) is 0 Å². The van der Waals surface area contributed by atoms with Crippen LogP contribution in [0.15, 0.2) is 41.3 Å². The molecule has 1 N–H and O–H groups in total. The number of phenols is 1. The third kappa shape index (κ3) is 4.58. The minimum absolute atomic E-state index is 0.0197. The van der Waals surface area contributed by atoms with Gasteiger partial charge in [-0.25, -0.2) is 4.39 Å². The molecule has 0 bridgehead atoms. The minimum Gasteiger partial charge on any atom is -0.504 e. The highest BCUT2D eigenvalue weighted by Gasteiger charge is 2.34. The van der Waals surface area contributed by atoms with Gasteiger partial charge < -0.3 is 14.6 Å². The summed E-state index contributed by atoms with van der Waals surface area (Å²) in [5.74, 6) is -0.0326. The highest BCUT2D eigenvalue weighted by Crippen LogP contribution is 2.36. The number of methoxy groups -OCH3 is 1. The number of hydrogen-bond donors (Lipinski definition) is 1. The van der Waals surface area contributed by atoms with Crippen LogP contribution in [0.25, 0.3) is 6.08 Å². The molecule has 1 aliphatic rings. The average molecular weight is 515 g/mol. The Bertz CT molecular complexity index is 948. The number of halogens is 2. The molecule has 28 heavy (non-hydrogen) atoms. The van der Waals surface area contributed by atoms with Crippen molar-refractivity contribution in [1.82, 2.24) is 4.90 Å². The van der Waals surface area contributed by atoms with E-state index in [2.05, 4.69) is 0 Å². The summed E-state index contributed by atoms with van der Waals surface area (Å²) in [7, 11) is 1.43. The van der Waals surface area contributed by atoms with Crippen LogP contribution in [0.2, 0.25) is 0 Å². The van der Waals surface area contributed by atoms with Gasteiger partial charge in [0.15, 0.2) is 11.5 Å². The van der Waals surface area contributed by atoms with E-state index in [-0.39, 0.29) is 40.6 Å². The van der Waals surface area contributed by atoms with E-state index in [0.29, 0.717) is 14.9 Å². The van der Waals surface area contributed by atoms with E-state index in [1.807, 2.05) is 22.6 Å². The highest BCUT2D eigenvalue weighted by molar-refractivity contribution is 14.1. The van der Waals surface area contributed by atoms with Gasteiger partial charge in [-0.1, -0.05) is 0 Å². The monoisotopic (exact) mass is 515 g/mol. The van der Waals surface area contributed by atoms with Crippen molar-refractivity contribution in [3.8, 4) is 17.2 Å². The standard InChI is InChI=1S/C19H15FINO5S/c1-26-15-9-11(8-14(21)17(15)23)10-16-18(24)22(19(25)28-16)6-7-27-13-4-2-12(20)3-5-13/h2-5,8-10,23H,6-7H2,1H3/b16-10-. The van der Waals surface area contributed by atoms with E-state index in [9.17, 15) is 19.1 Å². The predicted molar refractivity (Wildman–Crippen MR) is 112 cm³/mol. The Hall–Kier alpha value is -2.27. The number of amides is 2. The number of phenolic OH excluding ortho intramolecular Hbond substituents is 1. The topological polar surface area (TPSA) is 76.1 Å². The number of hydrogen-bond acceptors (Lipinski definition) is 6. The number of rotatable bonds is 6. The largest absolute Gasteiger partial charge is 0.504 e. The molecule has 0 spiro atoms. The molecular formula is C19H15FINO5S. The maximum atomic E-state index is 12.9. The zero-order valence-corrected chi connectivity index (χ0v) is 17.6. The van der Waals surface area contributed by atoms with Crippen LogP contribution in [0.1, 0.15) is 5.56 Å². The van der Waals surface area contributed by atoms with E-state index in [4.69, 9.17) is 9.47 Å². The third-order valence-corrected chi connectivity index (χ3v) is 5.57. The summed E-state index contributed by atoms with van der Waals surface area (Å²) in [5, 5.41) is 9.51. The van der Waals surface area contributed by atoms with Crippen molar-refractivity contribution in [3.63, 3.8) is 0 Å². The lowest BCUT2D eigenvalue weighted by Gasteiger charge is -2.13. The number of aromatic hydroxyl groups is 1. The molecule has 1 heterocycles. The van der Waals surface area contributed by atoms with Gasteiger partial charge in [0.05, 0.1) is 22.1 Å². The summed E-state index contributed by atoms with van der Waals surface area (Å²) < 4.78 is 24.0. The molecule has 146 valence electrons. The lowest BCUT2D eigenvalue weighted by Crippen LogP contribution is -2.32. The highest BCUT2D eigenvalue weighted by atomic mass is 127. The fourth-order valence-electron chi connectivity index (χ4n) is 2.46. The number of imide groups is 1. The zero-order chi connectivity index (χ0) is 20.3. The first kappa shape index (κ1) is 20.5. The van der Waals surface area contributed by atoms with E-state index < -0.39 is 5.91 Å². The number of carbonyl (C=O) groups excluding carboxylic acids is 2. The molecule has 0 aromatic heterocycles. The fraction of sp³-hybridized carbons (Fsp3) is 0.158. The van der Waals surface area contributed by atoms with Crippen molar-refractivity contribution in [2.75, 3.05) is 20.3 Å². The van der Waals surface area contributed by atoms with Crippen LogP contribution in [0.4, 0.5) is 9.18 Å². The SMILES string of the molecule is COc1cc(/C=C2\SC(=O)N(CCOc3ccc(F)cc3)C2=O)cc(I)c1O. The van der Waals surface area contributed by atoms with Gasteiger partial charge in [0.2, 0.25) is 0 Å². The Morgan fingerprint density at radius 2 is 1.96 bits per heavy atom. The summed E-state index contributed by atoms with van der Waals surface area (Å²) in [6.07, 6.45) is 1.58. The number of benzene rings is 2. The van der Waals surface area contributed by atoms with Crippen molar-refractivity contribution in [1.29, 1.82) is 0 Å². The first-order valence-corrected chi connectivity index (χ1v) is 9.99. The van der Waals surface area contributed by atoms with Crippen LogP contribution in [0, 0.1) is 9.39 Å². The van der Waals surface area contributed by atoms with Crippen LogP contribution in [0.3, 0.4) is 0 Å². The van der Waals surface area contributed by atoms with E-state index >= 15 is 0 Å². The average Bonchev–Trinajstić information content (AvgIpc) is 2.93. The summed E-state index contributed by atoms with van der Waals surface area (Å²) in [6, 6.07) is 8.76. The smallest absolute Gasteiger partial charge is 0.293 e. The normalized spacial score (nSPS) is 15.4. The molecule has 3 rings (SSSR count). The summed E-state index contributed by atoms with van der Waals surface area (Å²) >= 11 is 2.79. The number of carbonyl (C=O) groups is 2. The first-order chi connectivity index (χ1) is 13.4. The van der Waals surface area contributed by atoms with Crippen molar-refractivity contribution in [3.05, 3.63) is 56.3 Å². The third-order valence-electron chi connectivity index (χ3n) is 3.84. The van der Waals surface area contributed by atoms with Gasteiger partial charge in [-0.2, -0.15) is 0 Å². The van der Waals surface area contributed by atoms with Gasteiger partial charge in [0, 0.05) is 0 Å². The maximum absolute atomic E-state index is 12.9. The van der Waals surface area contributed by atoms with Crippen LogP contribution in [0.5, 0.6) is 17.2 Å². The fourth-order valence-corrected chi connectivity index (χ4v) is 3.95. The van der Waals surface area contributed by atoms with Gasteiger partial charge in [-0.15, -0.1) is 0 Å². The minimum atomic E-state index is -0.417. The molecule has 6 nitrogen and oxygen atoms in total.